The SMILES string of the molecule is CCCN1CCC(NC(=NC)NCCCOC2CCN(Cc3ccccc3)CC2)CC1. The second-order valence-corrected chi connectivity index (χ2v) is 8.94. The number of piperidine rings is 2. The summed E-state index contributed by atoms with van der Waals surface area (Å²) in [6.45, 7) is 10.9. The highest BCUT2D eigenvalue weighted by Gasteiger charge is 2.20. The molecule has 2 heterocycles. The summed E-state index contributed by atoms with van der Waals surface area (Å²) in [6, 6.07) is 11.3. The van der Waals surface area contributed by atoms with E-state index < -0.39 is 0 Å². The lowest BCUT2D eigenvalue weighted by Crippen LogP contribution is -2.49. The van der Waals surface area contributed by atoms with Crippen molar-refractivity contribution in [1.82, 2.24) is 20.4 Å². The lowest BCUT2D eigenvalue weighted by atomic mass is 10.1. The van der Waals surface area contributed by atoms with Crippen molar-refractivity contribution < 1.29 is 4.74 Å². The van der Waals surface area contributed by atoms with Gasteiger partial charge in [0.05, 0.1) is 6.10 Å². The lowest BCUT2D eigenvalue weighted by molar-refractivity contribution is 0.00534. The molecule has 1 aromatic rings. The van der Waals surface area contributed by atoms with Crippen LogP contribution >= 0.6 is 0 Å². The fourth-order valence-corrected chi connectivity index (χ4v) is 4.61. The van der Waals surface area contributed by atoms with Crippen LogP contribution in [0.5, 0.6) is 0 Å². The van der Waals surface area contributed by atoms with Crippen LogP contribution in [0.3, 0.4) is 0 Å². The first-order valence-electron chi connectivity index (χ1n) is 12.3. The zero-order chi connectivity index (χ0) is 21.7. The molecule has 0 unspecified atom stereocenters. The zero-order valence-corrected chi connectivity index (χ0v) is 19.7. The molecule has 0 aliphatic carbocycles. The molecular weight excluding hydrogens is 386 g/mol. The lowest BCUT2D eigenvalue weighted by Gasteiger charge is -2.33. The number of rotatable bonds is 10. The number of guanidine groups is 1. The van der Waals surface area contributed by atoms with E-state index in [9.17, 15) is 0 Å². The Kier molecular flexibility index (Phi) is 10.6. The average molecular weight is 430 g/mol. The maximum Gasteiger partial charge on any atom is 0.191 e. The van der Waals surface area contributed by atoms with E-state index in [-0.39, 0.29) is 0 Å². The fourth-order valence-electron chi connectivity index (χ4n) is 4.61. The molecule has 0 radical (unpaired) electrons. The number of benzene rings is 1. The van der Waals surface area contributed by atoms with Gasteiger partial charge in [0.15, 0.2) is 5.96 Å². The van der Waals surface area contributed by atoms with Crippen LogP contribution in [0.2, 0.25) is 0 Å². The van der Waals surface area contributed by atoms with E-state index in [0.29, 0.717) is 12.1 Å². The van der Waals surface area contributed by atoms with Crippen LogP contribution in [-0.4, -0.2) is 80.8 Å². The number of likely N-dealkylation sites (tertiary alicyclic amines) is 2. The number of nitrogens with zero attached hydrogens (tertiary/aromatic N) is 3. The van der Waals surface area contributed by atoms with Gasteiger partial charge in [0.1, 0.15) is 0 Å². The topological polar surface area (TPSA) is 52.1 Å². The monoisotopic (exact) mass is 429 g/mol. The zero-order valence-electron chi connectivity index (χ0n) is 19.7. The summed E-state index contributed by atoms with van der Waals surface area (Å²) in [6.07, 6.45) is 7.36. The third kappa shape index (κ3) is 8.79. The van der Waals surface area contributed by atoms with Crippen molar-refractivity contribution in [2.24, 2.45) is 4.99 Å². The molecule has 0 amide bonds. The standard InChI is InChI=1S/C25H43N5O/c1-3-15-29-16-10-23(11-17-29)28-25(26-2)27-14-7-20-31-24-12-18-30(19-13-24)21-22-8-5-4-6-9-22/h4-6,8-9,23-24H,3,7,10-21H2,1-2H3,(H2,26,27,28). The molecule has 6 heteroatoms. The van der Waals surface area contributed by atoms with E-state index in [1.807, 2.05) is 7.05 Å². The second kappa shape index (κ2) is 13.7. The maximum absolute atomic E-state index is 6.15. The van der Waals surface area contributed by atoms with Crippen LogP contribution < -0.4 is 10.6 Å². The first-order chi connectivity index (χ1) is 15.3. The van der Waals surface area contributed by atoms with Crippen molar-refractivity contribution in [3.05, 3.63) is 35.9 Å². The highest BCUT2D eigenvalue weighted by Crippen LogP contribution is 2.16. The number of hydrogen-bond acceptors (Lipinski definition) is 4. The summed E-state index contributed by atoms with van der Waals surface area (Å²) in [7, 11) is 1.86. The Morgan fingerprint density at radius 1 is 1.03 bits per heavy atom. The van der Waals surface area contributed by atoms with E-state index in [2.05, 4.69) is 62.7 Å². The molecule has 2 saturated heterocycles. The molecule has 0 spiro atoms. The number of ether oxygens (including phenoxy) is 1. The van der Waals surface area contributed by atoms with Crippen molar-refractivity contribution in [1.29, 1.82) is 0 Å². The smallest absolute Gasteiger partial charge is 0.191 e. The van der Waals surface area contributed by atoms with Crippen LogP contribution in [0.1, 0.15) is 51.0 Å². The molecular formula is C25H43N5O. The number of aliphatic imine (C=N–C) groups is 1. The van der Waals surface area contributed by atoms with E-state index in [1.165, 1.54) is 44.5 Å². The normalized spacial score (nSPS) is 20.1. The minimum atomic E-state index is 0.415. The van der Waals surface area contributed by atoms with Crippen LogP contribution in [-0.2, 0) is 11.3 Å². The van der Waals surface area contributed by atoms with Gasteiger partial charge in [0.25, 0.3) is 0 Å². The summed E-state index contributed by atoms with van der Waals surface area (Å²) in [5, 5.41) is 7.06. The summed E-state index contributed by atoms with van der Waals surface area (Å²) in [5.74, 6) is 0.933. The first kappa shape index (κ1) is 24.0. The fraction of sp³-hybridized carbons (Fsp3) is 0.720. The van der Waals surface area contributed by atoms with E-state index >= 15 is 0 Å². The number of nitrogens with one attached hydrogen (secondary N) is 2. The van der Waals surface area contributed by atoms with Gasteiger partial charge in [-0.05, 0) is 50.6 Å². The Morgan fingerprint density at radius 3 is 2.42 bits per heavy atom. The van der Waals surface area contributed by atoms with Gasteiger partial charge < -0.3 is 20.3 Å². The van der Waals surface area contributed by atoms with Crippen LogP contribution in [0, 0.1) is 0 Å². The Balaban J connectivity index is 1.22. The molecule has 2 fully saturated rings. The molecule has 0 atom stereocenters. The third-order valence-electron chi connectivity index (χ3n) is 6.44. The largest absolute Gasteiger partial charge is 0.378 e. The van der Waals surface area contributed by atoms with Gasteiger partial charge in [0, 0.05) is 59.0 Å². The minimum absolute atomic E-state index is 0.415. The van der Waals surface area contributed by atoms with Gasteiger partial charge in [-0.25, -0.2) is 0 Å². The average Bonchev–Trinajstić information content (AvgIpc) is 2.81. The van der Waals surface area contributed by atoms with Gasteiger partial charge in [-0.15, -0.1) is 0 Å². The Hall–Kier alpha value is -1.63. The van der Waals surface area contributed by atoms with Gasteiger partial charge in [-0.2, -0.15) is 0 Å². The number of hydrogen-bond donors (Lipinski definition) is 2. The second-order valence-electron chi connectivity index (χ2n) is 8.94. The van der Waals surface area contributed by atoms with E-state index in [1.54, 1.807) is 0 Å². The molecule has 6 nitrogen and oxygen atoms in total. The highest BCUT2D eigenvalue weighted by atomic mass is 16.5. The van der Waals surface area contributed by atoms with Crippen LogP contribution in [0.4, 0.5) is 0 Å². The Morgan fingerprint density at radius 2 is 1.74 bits per heavy atom. The van der Waals surface area contributed by atoms with Crippen molar-refractivity contribution in [3.8, 4) is 0 Å². The molecule has 2 aliphatic heterocycles. The summed E-state index contributed by atoms with van der Waals surface area (Å²) in [5.41, 5.74) is 1.40. The molecule has 2 N–H and O–H groups in total. The molecule has 1 aromatic carbocycles. The summed E-state index contributed by atoms with van der Waals surface area (Å²) >= 11 is 0. The summed E-state index contributed by atoms with van der Waals surface area (Å²) < 4.78 is 6.15. The van der Waals surface area contributed by atoms with Gasteiger partial charge >= 0.3 is 0 Å². The molecule has 3 rings (SSSR count). The molecule has 31 heavy (non-hydrogen) atoms. The van der Waals surface area contributed by atoms with Crippen molar-refractivity contribution in [2.45, 2.75) is 64.1 Å². The van der Waals surface area contributed by atoms with Gasteiger partial charge in [0.2, 0.25) is 0 Å². The Bertz CT molecular complexity index is 622. The maximum atomic E-state index is 6.15. The van der Waals surface area contributed by atoms with Gasteiger partial charge in [-0.3, -0.25) is 9.89 Å². The van der Waals surface area contributed by atoms with Crippen LogP contribution in [0.15, 0.2) is 35.3 Å². The molecule has 0 bridgehead atoms. The van der Waals surface area contributed by atoms with E-state index in [0.717, 1.165) is 58.0 Å². The Labute approximate surface area is 189 Å². The van der Waals surface area contributed by atoms with Crippen molar-refractivity contribution in [2.75, 3.05) is 52.9 Å². The molecule has 174 valence electrons. The summed E-state index contributed by atoms with van der Waals surface area (Å²) in [4.78, 5) is 9.51. The predicted octanol–water partition coefficient (Wildman–Crippen LogP) is 3.10. The molecule has 0 aromatic heterocycles. The van der Waals surface area contributed by atoms with Gasteiger partial charge in [-0.1, -0.05) is 37.3 Å². The van der Waals surface area contributed by atoms with Crippen molar-refractivity contribution >= 4 is 5.96 Å². The molecule has 2 aliphatic rings. The van der Waals surface area contributed by atoms with Crippen LogP contribution in [0.25, 0.3) is 0 Å². The minimum Gasteiger partial charge on any atom is -0.378 e. The third-order valence-corrected chi connectivity index (χ3v) is 6.44. The quantitative estimate of drug-likeness (QED) is 0.340. The predicted molar refractivity (Wildman–Crippen MR) is 130 cm³/mol. The van der Waals surface area contributed by atoms with E-state index in [4.69, 9.17) is 4.74 Å². The first-order valence-corrected chi connectivity index (χ1v) is 12.3. The highest BCUT2D eigenvalue weighted by molar-refractivity contribution is 5.79. The van der Waals surface area contributed by atoms with Crippen molar-refractivity contribution in [3.63, 3.8) is 0 Å². The molecule has 0 saturated carbocycles.